The zero-order chi connectivity index (χ0) is 20.2. The Hall–Kier alpha value is -2.95. The number of rotatable bonds is 6. The van der Waals surface area contributed by atoms with Crippen LogP contribution < -0.4 is 0 Å². The molecule has 0 radical (unpaired) electrons. The number of hydrogen-bond donors (Lipinski definition) is 0. The molecule has 0 fully saturated rings. The van der Waals surface area contributed by atoms with Crippen LogP contribution in [0, 0.1) is 12.8 Å². The van der Waals surface area contributed by atoms with E-state index in [0.717, 1.165) is 36.5 Å². The van der Waals surface area contributed by atoms with E-state index < -0.39 is 0 Å². The van der Waals surface area contributed by atoms with Crippen LogP contribution in [0.25, 0.3) is 0 Å². The molecule has 3 aromatic rings. The van der Waals surface area contributed by atoms with E-state index in [1.54, 1.807) is 0 Å². The third-order valence-corrected chi connectivity index (χ3v) is 5.87. The van der Waals surface area contributed by atoms with Crippen molar-refractivity contribution in [1.82, 2.24) is 19.7 Å². The van der Waals surface area contributed by atoms with Crippen LogP contribution in [0.1, 0.15) is 36.1 Å². The average molecular weight is 389 g/mol. The number of amides is 1. The third kappa shape index (κ3) is 4.39. The van der Waals surface area contributed by atoms with Crippen molar-refractivity contribution in [2.24, 2.45) is 5.92 Å². The van der Waals surface area contributed by atoms with Crippen LogP contribution in [0.5, 0.6) is 0 Å². The van der Waals surface area contributed by atoms with Gasteiger partial charge in [-0.2, -0.15) is 0 Å². The first kappa shape index (κ1) is 19.4. The van der Waals surface area contributed by atoms with E-state index in [2.05, 4.69) is 63.0 Å². The molecule has 2 aromatic carbocycles. The summed E-state index contributed by atoms with van der Waals surface area (Å²) in [6.07, 6.45) is 2.49. The van der Waals surface area contributed by atoms with Crippen LogP contribution in [0.3, 0.4) is 0 Å². The van der Waals surface area contributed by atoms with E-state index >= 15 is 0 Å². The molecule has 2 atom stereocenters. The Kier molecular flexibility index (Phi) is 5.74. The van der Waals surface area contributed by atoms with E-state index in [-0.39, 0.29) is 17.9 Å². The molecule has 5 nitrogen and oxygen atoms in total. The monoisotopic (exact) mass is 388 g/mol. The summed E-state index contributed by atoms with van der Waals surface area (Å²) in [5, 5.41) is 8.43. The van der Waals surface area contributed by atoms with Gasteiger partial charge in [-0.3, -0.25) is 4.79 Å². The maximum absolute atomic E-state index is 13.6. The number of benzene rings is 2. The molecule has 0 N–H and O–H groups in total. The zero-order valence-electron chi connectivity index (χ0n) is 17.2. The molecule has 2 heterocycles. The summed E-state index contributed by atoms with van der Waals surface area (Å²) in [6, 6.07) is 20.8. The van der Waals surface area contributed by atoms with Gasteiger partial charge >= 0.3 is 0 Å². The van der Waals surface area contributed by atoms with Gasteiger partial charge in [0.1, 0.15) is 11.6 Å². The lowest BCUT2D eigenvalue weighted by Gasteiger charge is -2.34. The minimum absolute atomic E-state index is 0.0286. The summed E-state index contributed by atoms with van der Waals surface area (Å²) in [6.45, 7) is 5.43. The van der Waals surface area contributed by atoms with Gasteiger partial charge in [-0.15, -0.1) is 10.2 Å². The van der Waals surface area contributed by atoms with Crippen molar-refractivity contribution in [3.05, 3.63) is 83.4 Å². The number of carbonyl (C=O) groups excluding carboxylic acids is 1. The molecule has 0 aliphatic carbocycles. The molecule has 5 heteroatoms. The smallest absolute Gasteiger partial charge is 0.228 e. The van der Waals surface area contributed by atoms with Gasteiger partial charge in [0, 0.05) is 25.6 Å². The van der Waals surface area contributed by atoms with Crippen molar-refractivity contribution in [2.45, 2.75) is 52.2 Å². The highest BCUT2D eigenvalue weighted by atomic mass is 16.2. The minimum Gasteiger partial charge on any atom is -0.335 e. The molecular weight excluding hydrogens is 360 g/mol. The summed E-state index contributed by atoms with van der Waals surface area (Å²) in [4.78, 5) is 15.7. The molecule has 150 valence electrons. The Bertz CT molecular complexity index is 952. The Morgan fingerprint density at radius 1 is 1.07 bits per heavy atom. The summed E-state index contributed by atoms with van der Waals surface area (Å²) in [5.41, 5.74) is 2.42. The van der Waals surface area contributed by atoms with E-state index in [1.165, 1.54) is 5.56 Å². The highest BCUT2D eigenvalue weighted by Crippen LogP contribution is 2.24. The Labute approximate surface area is 172 Å². The fourth-order valence-corrected chi connectivity index (χ4v) is 4.19. The Morgan fingerprint density at radius 3 is 2.41 bits per heavy atom. The number of carbonyl (C=O) groups is 1. The molecule has 29 heavy (non-hydrogen) atoms. The summed E-state index contributed by atoms with van der Waals surface area (Å²) >= 11 is 0. The number of fused-ring (bicyclic) bond motifs is 1. The number of aromatic nitrogens is 3. The molecule has 1 aromatic heterocycles. The van der Waals surface area contributed by atoms with Crippen molar-refractivity contribution < 1.29 is 4.79 Å². The van der Waals surface area contributed by atoms with Crippen LogP contribution in [0.2, 0.25) is 0 Å². The lowest BCUT2D eigenvalue weighted by Crippen LogP contribution is -2.45. The fraction of sp³-hybridized carbons (Fsp3) is 0.375. The SMILES string of the molecule is Cc1nnc2n1CC(C(=O)N(Cc1ccccc1)C(C)Cc1ccccc1)CC2. The normalized spacial score (nSPS) is 16.8. The molecule has 1 aliphatic rings. The largest absolute Gasteiger partial charge is 0.335 e. The van der Waals surface area contributed by atoms with Crippen LogP contribution >= 0.6 is 0 Å². The molecular formula is C24H28N4O. The predicted octanol–water partition coefficient (Wildman–Crippen LogP) is 3.81. The zero-order valence-corrected chi connectivity index (χ0v) is 17.2. The topological polar surface area (TPSA) is 51.0 Å². The molecule has 4 rings (SSSR count). The fourth-order valence-electron chi connectivity index (χ4n) is 4.19. The summed E-state index contributed by atoms with van der Waals surface area (Å²) < 4.78 is 2.11. The summed E-state index contributed by atoms with van der Waals surface area (Å²) in [7, 11) is 0. The second kappa shape index (κ2) is 8.60. The van der Waals surface area contributed by atoms with Crippen molar-refractivity contribution in [2.75, 3.05) is 0 Å². The van der Waals surface area contributed by atoms with Crippen molar-refractivity contribution in [3.63, 3.8) is 0 Å². The molecule has 1 aliphatic heterocycles. The molecule has 2 unspecified atom stereocenters. The maximum atomic E-state index is 13.6. The van der Waals surface area contributed by atoms with E-state index in [0.29, 0.717) is 13.1 Å². The lowest BCUT2D eigenvalue weighted by molar-refractivity contribution is -0.139. The van der Waals surface area contributed by atoms with Gasteiger partial charge in [0.05, 0.1) is 5.92 Å². The number of aryl methyl sites for hydroxylation is 2. The number of hydrogen-bond acceptors (Lipinski definition) is 3. The van der Waals surface area contributed by atoms with Gasteiger partial charge in [-0.05, 0) is 37.8 Å². The average Bonchev–Trinajstić information content (AvgIpc) is 3.13. The third-order valence-electron chi connectivity index (χ3n) is 5.87. The van der Waals surface area contributed by atoms with Gasteiger partial charge < -0.3 is 9.47 Å². The van der Waals surface area contributed by atoms with E-state index in [4.69, 9.17) is 0 Å². The van der Waals surface area contributed by atoms with E-state index in [9.17, 15) is 4.79 Å². The van der Waals surface area contributed by atoms with Crippen molar-refractivity contribution >= 4 is 5.91 Å². The van der Waals surface area contributed by atoms with Crippen LogP contribution in [0.15, 0.2) is 60.7 Å². The quantitative estimate of drug-likeness (QED) is 0.645. The van der Waals surface area contributed by atoms with Gasteiger partial charge in [0.2, 0.25) is 5.91 Å². The van der Waals surface area contributed by atoms with Crippen LogP contribution in [-0.2, 0) is 30.7 Å². The Morgan fingerprint density at radius 2 is 1.72 bits per heavy atom. The lowest BCUT2D eigenvalue weighted by atomic mass is 9.95. The first-order valence-corrected chi connectivity index (χ1v) is 10.4. The first-order chi connectivity index (χ1) is 14.1. The second-order valence-electron chi connectivity index (χ2n) is 8.00. The van der Waals surface area contributed by atoms with Crippen molar-refractivity contribution in [3.8, 4) is 0 Å². The maximum Gasteiger partial charge on any atom is 0.228 e. The van der Waals surface area contributed by atoms with Gasteiger partial charge in [0.15, 0.2) is 0 Å². The standard InChI is InChI=1S/C24H28N4O/c1-18(15-20-9-5-3-6-10-20)27(16-21-11-7-4-8-12-21)24(29)22-13-14-23-26-25-19(2)28(23)17-22/h3-12,18,22H,13-17H2,1-2H3. The second-order valence-corrected chi connectivity index (χ2v) is 8.00. The van der Waals surface area contributed by atoms with Gasteiger partial charge in [0.25, 0.3) is 0 Å². The Balaban J connectivity index is 1.55. The summed E-state index contributed by atoms with van der Waals surface area (Å²) in [5.74, 6) is 2.10. The van der Waals surface area contributed by atoms with Crippen molar-refractivity contribution in [1.29, 1.82) is 0 Å². The molecule has 1 amide bonds. The number of nitrogens with zero attached hydrogens (tertiary/aromatic N) is 4. The highest BCUT2D eigenvalue weighted by Gasteiger charge is 2.32. The molecule has 0 saturated carbocycles. The van der Waals surface area contributed by atoms with Gasteiger partial charge in [-0.25, -0.2) is 0 Å². The molecule has 0 saturated heterocycles. The first-order valence-electron chi connectivity index (χ1n) is 10.4. The van der Waals surface area contributed by atoms with Crippen LogP contribution in [-0.4, -0.2) is 31.6 Å². The predicted molar refractivity (Wildman–Crippen MR) is 113 cm³/mol. The van der Waals surface area contributed by atoms with Gasteiger partial charge in [-0.1, -0.05) is 60.7 Å². The highest BCUT2D eigenvalue weighted by molar-refractivity contribution is 5.79. The molecule has 0 spiro atoms. The van der Waals surface area contributed by atoms with Crippen LogP contribution in [0.4, 0.5) is 0 Å². The van der Waals surface area contributed by atoms with E-state index in [1.807, 2.05) is 31.2 Å². The minimum atomic E-state index is -0.0286. The molecule has 0 bridgehead atoms.